The summed E-state index contributed by atoms with van der Waals surface area (Å²) in [6.45, 7) is 2.51. The molecule has 1 aromatic rings. The normalized spacial score (nSPS) is 11.7. The zero-order valence-corrected chi connectivity index (χ0v) is 14.6. The summed E-state index contributed by atoms with van der Waals surface area (Å²) in [5.74, 6) is -1.85. The number of benzene rings is 1. The Kier molecular flexibility index (Phi) is 6.09. The third-order valence-corrected chi connectivity index (χ3v) is 5.81. The third kappa shape index (κ3) is 4.05. The second-order valence-corrected chi connectivity index (χ2v) is 7.39. The zero-order chi connectivity index (χ0) is 17.1. The molecule has 0 aliphatic carbocycles. The number of hydrogen-bond donors (Lipinski definition) is 1. The van der Waals surface area contributed by atoms with Crippen LogP contribution in [-0.2, 0) is 19.6 Å². The summed E-state index contributed by atoms with van der Waals surface area (Å²) in [7, 11) is -2.81. The van der Waals surface area contributed by atoms with E-state index in [4.69, 9.17) is 5.11 Å². The smallest absolute Gasteiger partial charge is 0.337 e. The summed E-state index contributed by atoms with van der Waals surface area (Å²) in [5.41, 5.74) is 0.183. The minimum atomic E-state index is -4.02. The third-order valence-electron chi connectivity index (χ3n) is 2.81. The quantitative estimate of drug-likeness (QED) is 0.738. The molecule has 1 rings (SSSR count). The molecule has 0 atom stereocenters. The highest BCUT2D eigenvalue weighted by Gasteiger charge is 2.30. The number of halogens is 1. The number of nitrogens with zero attached hydrogens (tertiary/aromatic N) is 1. The van der Waals surface area contributed by atoms with Crippen LogP contribution >= 0.6 is 15.9 Å². The summed E-state index contributed by atoms with van der Waals surface area (Å²) in [6.07, 6.45) is 0. The Bertz CT molecular complexity index is 686. The maximum atomic E-state index is 12.6. The average Bonchev–Trinajstić information content (AvgIpc) is 2.42. The summed E-state index contributed by atoms with van der Waals surface area (Å²) in [5, 5.41) is 8.88. The van der Waals surface area contributed by atoms with Gasteiger partial charge in [0, 0.05) is 10.5 Å². The van der Waals surface area contributed by atoms with Crippen LogP contribution < -0.4 is 0 Å². The van der Waals surface area contributed by atoms with Crippen LogP contribution in [0.25, 0.3) is 0 Å². The van der Waals surface area contributed by atoms with Crippen LogP contribution in [-0.4, -0.2) is 49.5 Å². The van der Waals surface area contributed by atoms with Crippen LogP contribution in [0, 0.1) is 0 Å². The molecule has 0 radical (unpaired) electrons. The van der Waals surface area contributed by atoms with Crippen LogP contribution in [0.15, 0.2) is 27.6 Å². The van der Waals surface area contributed by atoms with E-state index < -0.39 is 34.5 Å². The summed E-state index contributed by atoms with van der Waals surface area (Å²) in [6, 6.07) is 3.33. The van der Waals surface area contributed by atoms with E-state index in [0.29, 0.717) is 0 Å². The van der Waals surface area contributed by atoms with Crippen LogP contribution in [0.5, 0.6) is 0 Å². The first-order valence-corrected chi connectivity index (χ1v) is 8.46. The van der Waals surface area contributed by atoms with Crippen molar-refractivity contribution in [3.63, 3.8) is 0 Å². The minimum Gasteiger partial charge on any atom is -0.480 e. The number of carbonyl (C=O) groups excluding carboxylic acids is 1. The van der Waals surface area contributed by atoms with Crippen molar-refractivity contribution in [2.45, 2.75) is 24.8 Å². The number of methoxy groups -OCH3 is 1. The molecule has 9 heteroatoms. The van der Waals surface area contributed by atoms with Crippen molar-refractivity contribution >= 4 is 37.9 Å². The van der Waals surface area contributed by atoms with Gasteiger partial charge in [0.05, 0.1) is 17.6 Å². The predicted octanol–water partition coefficient (Wildman–Crippen LogP) is 1.72. The fraction of sp³-hybridized carbons (Fsp3) is 0.385. The number of sulfonamides is 1. The number of carboxylic acids is 1. The first-order valence-electron chi connectivity index (χ1n) is 6.22. The predicted molar refractivity (Wildman–Crippen MR) is 82.1 cm³/mol. The van der Waals surface area contributed by atoms with Gasteiger partial charge in [0.15, 0.2) is 0 Å². The summed E-state index contributed by atoms with van der Waals surface area (Å²) < 4.78 is 30.8. The highest BCUT2D eigenvalue weighted by molar-refractivity contribution is 9.10. The monoisotopic (exact) mass is 393 g/mol. The van der Waals surface area contributed by atoms with Gasteiger partial charge in [0.2, 0.25) is 10.0 Å². The van der Waals surface area contributed by atoms with Crippen molar-refractivity contribution in [1.29, 1.82) is 0 Å². The fourth-order valence-corrected chi connectivity index (χ4v) is 4.39. The number of ether oxygens (including phenoxy) is 1. The van der Waals surface area contributed by atoms with Gasteiger partial charge < -0.3 is 9.84 Å². The number of hydrogen-bond acceptors (Lipinski definition) is 5. The number of carbonyl (C=O) groups is 2. The highest BCUT2D eigenvalue weighted by Crippen LogP contribution is 2.27. The fourth-order valence-electron chi connectivity index (χ4n) is 1.76. The molecule has 0 bridgehead atoms. The SMILES string of the molecule is COC(=O)c1ccc(S(=O)(=O)N(CC(=O)O)C(C)C)c(Br)c1. The molecule has 0 amide bonds. The molecule has 0 fully saturated rings. The molecule has 0 aliphatic heterocycles. The Hall–Kier alpha value is -1.45. The van der Waals surface area contributed by atoms with Crippen molar-refractivity contribution < 1.29 is 27.9 Å². The number of aliphatic carboxylic acids is 1. The Morgan fingerprint density at radius 2 is 1.95 bits per heavy atom. The molecule has 122 valence electrons. The van der Waals surface area contributed by atoms with Crippen molar-refractivity contribution in [2.24, 2.45) is 0 Å². The average molecular weight is 394 g/mol. The Morgan fingerprint density at radius 1 is 1.36 bits per heavy atom. The maximum Gasteiger partial charge on any atom is 0.337 e. The van der Waals surface area contributed by atoms with E-state index in [9.17, 15) is 18.0 Å². The van der Waals surface area contributed by atoms with Crippen molar-refractivity contribution in [2.75, 3.05) is 13.7 Å². The van der Waals surface area contributed by atoms with Gasteiger partial charge in [-0.05, 0) is 48.0 Å². The second kappa shape index (κ2) is 7.21. The van der Waals surface area contributed by atoms with Gasteiger partial charge in [0.25, 0.3) is 0 Å². The highest BCUT2D eigenvalue weighted by atomic mass is 79.9. The lowest BCUT2D eigenvalue weighted by molar-refractivity contribution is -0.137. The lowest BCUT2D eigenvalue weighted by Gasteiger charge is -2.24. The van der Waals surface area contributed by atoms with E-state index in [1.54, 1.807) is 13.8 Å². The van der Waals surface area contributed by atoms with E-state index in [0.717, 1.165) is 4.31 Å². The van der Waals surface area contributed by atoms with Crippen LogP contribution in [0.4, 0.5) is 0 Å². The molecule has 0 aliphatic rings. The largest absolute Gasteiger partial charge is 0.480 e. The van der Waals surface area contributed by atoms with Crippen molar-refractivity contribution in [3.8, 4) is 0 Å². The van der Waals surface area contributed by atoms with Gasteiger partial charge in [0.1, 0.15) is 6.54 Å². The maximum absolute atomic E-state index is 12.6. The van der Waals surface area contributed by atoms with Crippen molar-refractivity contribution in [1.82, 2.24) is 4.31 Å². The molecule has 0 unspecified atom stereocenters. The van der Waals surface area contributed by atoms with Gasteiger partial charge in [-0.2, -0.15) is 4.31 Å². The molecule has 0 heterocycles. The van der Waals surface area contributed by atoms with Gasteiger partial charge in [-0.15, -0.1) is 0 Å². The molecule has 7 nitrogen and oxygen atoms in total. The Labute approximate surface area is 137 Å². The minimum absolute atomic E-state index is 0.116. The van der Waals surface area contributed by atoms with E-state index >= 15 is 0 Å². The van der Waals surface area contributed by atoms with Gasteiger partial charge in [-0.1, -0.05) is 0 Å². The molecule has 0 aromatic heterocycles. The summed E-state index contributed by atoms with van der Waals surface area (Å²) in [4.78, 5) is 22.2. The second-order valence-electron chi connectivity index (χ2n) is 4.67. The molecule has 0 saturated heterocycles. The van der Waals surface area contributed by atoms with Crippen LogP contribution in [0.1, 0.15) is 24.2 Å². The van der Waals surface area contributed by atoms with Crippen LogP contribution in [0.2, 0.25) is 0 Å². The molecule has 1 aromatic carbocycles. The topological polar surface area (TPSA) is 101 Å². The van der Waals surface area contributed by atoms with Gasteiger partial charge in [-0.3, -0.25) is 4.79 Å². The molecule has 22 heavy (non-hydrogen) atoms. The first-order chi connectivity index (χ1) is 10.1. The first kappa shape index (κ1) is 18.6. The Balaban J connectivity index is 3.32. The lowest BCUT2D eigenvalue weighted by Crippen LogP contribution is -2.40. The molecular weight excluding hydrogens is 378 g/mol. The standard InChI is InChI=1S/C13H16BrNO6S/c1-8(2)15(7-12(16)17)22(19,20)11-5-4-9(6-10(11)14)13(18)21-3/h4-6,8H,7H2,1-3H3,(H,16,17). The summed E-state index contributed by atoms with van der Waals surface area (Å²) >= 11 is 3.10. The number of esters is 1. The lowest BCUT2D eigenvalue weighted by atomic mass is 10.2. The molecule has 0 spiro atoms. The van der Waals surface area contributed by atoms with Crippen LogP contribution in [0.3, 0.4) is 0 Å². The van der Waals surface area contributed by atoms with E-state index in [-0.39, 0.29) is 14.9 Å². The van der Waals surface area contributed by atoms with E-state index in [2.05, 4.69) is 20.7 Å². The molecular formula is C13H16BrNO6S. The van der Waals surface area contributed by atoms with Gasteiger partial charge in [-0.25, -0.2) is 13.2 Å². The zero-order valence-electron chi connectivity index (χ0n) is 12.2. The molecule has 1 N–H and O–H groups in total. The van der Waals surface area contributed by atoms with Crippen molar-refractivity contribution in [3.05, 3.63) is 28.2 Å². The van der Waals surface area contributed by atoms with E-state index in [1.807, 2.05) is 0 Å². The van der Waals surface area contributed by atoms with Gasteiger partial charge >= 0.3 is 11.9 Å². The number of carboxylic acid groups (broad SMARTS) is 1. The van der Waals surface area contributed by atoms with E-state index in [1.165, 1.54) is 25.3 Å². The number of rotatable bonds is 6. The Morgan fingerprint density at radius 3 is 2.36 bits per heavy atom. The molecule has 0 saturated carbocycles.